The number of nitrogens with zero attached hydrogens (tertiary/aromatic N) is 1. The number of hydrogen-bond acceptors (Lipinski definition) is 3. The van der Waals surface area contributed by atoms with Crippen LogP contribution in [-0.4, -0.2) is 31.1 Å². The van der Waals surface area contributed by atoms with Crippen molar-refractivity contribution in [2.45, 2.75) is 25.8 Å². The van der Waals surface area contributed by atoms with E-state index in [0.29, 0.717) is 0 Å². The van der Waals surface area contributed by atoms with E-state index < -0.39 is 0 Å². The molecule has 92 valence electrons. The van der Waals surface area contributed by atoms with E-state index in [9.17, 15) is 4.79 Å². The quantitative estimate of drug-likeness (QED) is 0.750. The number of rotatable bonds is 3. The van der Waals surface area contributed by atoms with Crippen molar-refractivity contribution in [1.82, 2.24) is 4.90 Å². The third kappa shape index (κ3) is 2.67. The summed E-state index contributed by atoms with van der Waals surface area (Å²) in [4.78, 5) is 14.1. The van der Waals surface area contributed by atoms with Crippen molar-refractivity contribution in [2.24, 2.45) is 0 Å². The summed E-state index contributed by atoms with van der Waals surface area (Å²) < 4.78 is 4.93. The van der Waals surface area contributed by atoms with E-state index in [2.05, 4.69) is 4.90 Å². The second kappa shape index (κ2) is 5.32. The number of carbonyl (C=O) groups is 1. The SMILES string of the molecule is COC(=O)C(c1ccc(C)cc1)N1CCCC1. The number of aryl methyl sites for hydroxylation is 1. The number of ether oxygens (including phenoxy) is 1. The molecule has 0 N–H and O–H groups in total. The average Bonchev–Trinajstić information content (AvgIpc) is 2.85. The van der Waals surface area contributed by atoms with Crippen molar-refractivity contribution >= 4 is 5.97 Å². The molecular formula is C14H19NO2. The molecule has 0 saturated carbocycles. The molecule has 0 radical (unpaired) electrons. The third-order valence-corrected chi connectivity index (χ3v) is 3.32. The Bertz CT molecular complexity index is 380. The summed E-state index contributed by atoms with van der Waals surface area (Å²) in [5, 5.41) is 0. The molecule has 1 aliphatic rings. The fourth-order valence-electron chi connectivity index (χ4n) is 2.36. The summed E-state index contributed by atoms with van der Waals surface area (Å²) in [5.41, 5.74) is 2.24. The van der Waals surface area contributed by atoms with Crippen LogP contribution in [0, 0.1) is 6.92 Å². The molecule has 1 atom stereocenters. The number of esters is 1. The fourth-order valence-corrected chi connectivity index (χ4v) is 2.36. The van der Waals surface area contributed by atoms with Gasteiger partial charge < -0.3 is 4.74 Å². The first-order valence-corrected chi connectivity index (χ1v) is 6.11. The summed E-state index contributed by atoms with van der Waals surface area (Å²) in [5.74, 6) is -0.157. The van der Waals surface area contributed by atoms with Crippen molar-refractivity contribution < 1.29 is 9.53 Å². The van der Waals surface area contributed by atoms with Gasteiger partial charge in [-0.3, -0.25) is 4.90 Å². The number of benzene rings is 1. The molecule has 1 aromatic carbocycles. The Kier molecular flexibility index (Phi) is 3.79. The highest BCUT2D eigenvalue weighted by molar-refractivity contribution is 5.77. The maximum absolute atomic E-state index is 11.9. The lowest BCUT2D eigenvalue weighted by atomic mass is 10.0. The minimum atomic E-state index is -0.233. The van der Waals surface area contributed by atoms with Crippen molar-refractivity contribution in [3.63, 3.8) is 0 Å². The molecule has 1 aromatic rings. The minimum absolute atomic E-state index is 0.157. The van der Waals surface area contributed by atoms with Crippen LogP contribution < -0.4 is 0 Å². The van der Waals surface area contributed by atoms with Crippen molar-refractivity contribution in [3.05, 3.63) is 35.4 Å². The Morgan fingerprint density at radius 1 is 1.24 bits per heavy atom. The average molecular weight is 233 g/mol. The van der Waals surface area contributed by atoms with Crippen LogP contribution in [0.25, 0.3) is 0 Å². The van der Waals surface area contributed by atoms with Crippen LogP contribution in [0.5, 0.6) is 0 Å². The third-order valence-electron chi connectivity index (χ3n) is 3.32. The number of likely N-dealkylation sites (tertiary alicyclic amines) is 1. The normalized spacial score (nSPS) is 18.0. The lowest BCUT2D eigenvalue weighted by Gasteiger charge is -2.25. The van der Waals surface area contributed by atoms with E-state index >= 15 is 0 Å². The smallest absolute Gasteiger partial charge is 0.327 e. The zero-order valence-electron chi connectivity index (χ0n) is 10.5. The van der Waals surface area contributed by atoms with Gasteiger partial charge in [-0.15, -0.1) is 0 Å². The van der Waals surface area contributed by atoms with E-state index in [4.69, 9.17) is 4.74 Å². The Morgan fingerprint density at radius 3 is 2.35 bits per heavy atom. The summed E-state index contributed by atoms with van der Waals surface area (Å²) >= 11 is 0. The van der Waals surface area contributed by atoms with Gasteiger partial charge in [0, 0.05) is 0 Å². The monoisotopic (exact) mass is 233 g/mol. The molecule has 0 aromatic heterocycles. The number of methoxy groups -OCH3 is 1. The summed E-state index contributed by atoms with van der Waals surface area (Å²) in [7, 11) is 1.46. The molecular weight excluding hydrogens is 214 g/mol. The van der Waals surface area contributed by atoms with Crippen LogP contribution in [0.15, 0.2) is 24.3 Å². The highest BCUT2D eigenvalue weighted by Crippen LogP contribution is 2.26. The van der Waals surface area contributed by atoms with Crippen LogP contribution in [0.1, 0.15) is 30.0 Å². The Morgan fingerprint density at radius 2 is 1.82 bits per heavy atom. The maximum Gasteiger partial charge on any atom is 0.327 e. The zero-order chi connectivity index (χ0) is 12.3. The summed E-state index contributed by atoms with van der Waals surface area (Å²) in [6.45, 7) is 4.01. The van der Waals surface area contributed by atoms with Crippen LogP contribution in [-0.2, 0) is 9.53 Å². The molecule has 3 nitrogen and oxygen atoms in total. The molecule has 0 amide bonds. The van der Waals surface area contributed by atoms with Crippen molar-refractivity contribution in [2.75, 3.05) is 20.2 Å². The zero-order valence-corrected chi connectivity index (χ0v) is 10.5. The minimum Gasteiger partial charge on any atom is -0.468 e. The lowest BCUT2D eigenvalue weighted by molar-refractivity contribution is -0.146. The first kappa shape index (κ1) is 12.1. The van der Waals surface area contributed by atoms with Gasteiger partial charge in [0.1, 0.15) is 6.04 Å². The number of carbonyl (C=O) groups excluding carboxylic acids is 1. The summed E-state index contributed by atoms with van der Waals surface area (Å²) in [6, 6.07) is 7.90. The predicted molar refractivity (Wildman–Crippen MR) is 66.7 cm³/mol. The maximum atomic E-state index is 11.9. The second-order valence-corrected chi connectivity index (χ2v) is 4.58. The van der Waals surface area contributed by atoms with Gasteiger partial charge in [0.05, 0.1) is 7.11 Å². The molecule has 1 aliphatic heterocycles. The standard InChI is InChI=1S/C14H19NO2/c1-11-5-7-12(8-6-11)13(14(16)17-2)15-9-3-4-10-15/h5-8,13H,3-4,9-10H2,1-2H3. The Balaban J connectivity index is 2.25. The van der Waals surface area contributed by atoms with E-state index in [1.807, 2.05) is 31.2 Å². The van der Waals surface area contributed by atoms with Crippen LogP contribution in [0.3, 0.4) is 0 Å². The van der Waals surface area contributed by atoms with E-state index in [0.717, 1.165) is 18.7 Å². The highest BCUT2D eigenvalue weighted by Gasteiger charge is 2.30. The topological polar surface area (TPSA) is 29.5 Å². The highest BCUT2D eigenvalue weighted by atomic mass is 16.5. The van der Waals surface area contributed by atoms with Gasteiger partial charge in [-0.1, -0.05) is 29.8 Å². The van der Waals surface area contributed by atoms with Crippen LogP contribution >= 0.6 is 0 Å². The molecule has 17 heavy (non-hydrogen) atoms. The van der Waals surface area contributed by atoms with E-state index in [-0.39, 0.29) is 12.0 Å². The van der Waals surface area contributed by atoms with Gasteiger partial charge in [0.25, 0.3) is 0 Å². The molecule has 1 heterocycles. The van der Waals surface area contributed by atoms with Gasteiger partial charge in [-0.25, -0.2) is 4.79 Å². The molecule has 1 fully saturated rings. The van der Waals surface area contributed by atoms with Crippen molar-refractivity contribution in [3.8, 4) is 0 Å². The van der Waals surface area contributed by atoms with E-state index in [1.165, 1.54) is 25.5 Å². The molecule has 2 rings (SSSR count). The largest absolute Gasteiger partial charge is 0.468 e. The first-order chi connectivity index (χ1) is 8.22. The molecule has 1 saturated heterocycles. The lowest BCUT2D eigenvalue weighted by Crippen LogP contribution is -2.32. The first-order valence-electron chi connectivity index (χ1n) is 6.11. The predicted octanol–water partition coefficient (Wildman–Crippen LogP) is 2.30. The van der Waals surface area contributed by atoms with Gasteiger partial charge in [0.2, 0.25) is 0 Å². The molecule has 0 spiro atoms. The van der Waals surface area contributed by atoms with Gasteiger partial charge in [0.15, 0.2) is 0 Å². The second-order valence-electron chi connectivity index (χ2n) is 4.58. The fraction of sp³-hybridized carbons (Fsp3) is 0.500. The molecule has 0 aliphatic carbocycles. The molecule has 0 bridgehead atoms. The Hall–Kier alpha value is -1.35. The molecule has 3 heteroatoms. The van der Waals surface area contributed by atoms with Crippen LogP contribution in [0.4, 0.5) is 0 Å². The van der Waals surface area contributed by atoms with E-state index in [1.54, 1.807) is 0 Å². The summed E-state index contributed by atoms with van der Waals surface area (Å²) in [6.07, 6.45) is 2.33. The van der Waals surface area contributed by atoms with Gasteiger partial charge in [-0.05, 0) is 38.4 Å². The Labute approximate surface area is 102 Å². The van der Waals surface area contributed by atoms with Gasteiger partial charge in [-0.2, -0.15) is 0 Å². The van der Waals surface area contributed by atoms with Crippen LogP contribution in [0.2, 0.25) is 0 Å². The molecule has 1 unspecified atom stereocenters. The van der Waals surface area contributed by atoms with Crippen molar-refractivity contribution in [1.29, 1.82) is 0 Å². The van der Waals surface area contributed by atoms with Gasteiger partial charge >= 0.3 is 5.97 Å². The number of hydrogen-bond donors (Lipinski definition) is 0.